The average molecular weight is 333 g/mol. The molecule has 1 saturated heterocycles. The maximum Gasteiger partial charge on any atom is 0.445 e. The standard InChI is InChI=1S/C9H11F3N4O2S.ClH/c10-9(11,12)6-15-16-7(19-6)14-5(17)8(13)1-3-18-4-2-8;/h1-4,13H2,(H,14,16,17);1H. The van der Waals surface area contributed by atoms with Crippen molar-refractivity contribution in [1.29, 1.82) is 0 Å². The van der Waals surface area contributed by atoms with Crippen LogP contribution < -0.4 is 11.1 Å². The summed E-state index contributed by atoms with van der Waals surface area (Å²) in [4.78, 5) is 11.9. The summed E-state index contributed by atoms with van der Waals surface area (Å²) in [5.41, 5.74) is 4.75. The van der Waals surface area contributed by atoms with Gasteiger partial charge in [-0.3, -0.25) is 10.1 Å². The van der Waals surface area contributed by atoms with Crippen LogP contribution in [0, 0.1) is 0 Å². The third-order valence-electron chi connectivity index (χ3n) is 2.73. The summed E-state index contributed by atoms with van der Waals surface area (Å²) in [5, 5.41) is 7.20. The number of hydrogen-bond acceptors (Lipinski definition) is 6. The number of nitrogens with two attached hydrogens (primary N) is 1. The first kappa shape index (κ1) is 17.1. The van der Waals surface area contributed by atoms with E-state index in [1.807, 2.05) is 0 Å². The van der Waals surface area contributed by atoms with E-state index in [1.165, 1.54) is 0 Å². The molecule has 0 bridgehead atoms. The van der Waals surface area contributed by atoms with Crippen LogP contribution >= 0.6 is 23.7 Å². The van der Waals surface area contributed by atoms with E-state index >= 15 is 0 Å². The minimum atomic E-state index is -4.57. The second kappa shape index (κ2) is 6.20. The van der Waals surface area contributed by atoms with Crippen molar-refractivity contribution in [3.63, 3.8) is 0 Å². The van der Waals surface area contributed by atoms with Crippen molar-refractivity contribution in [2.75, 3.05) is 18.5 Å². The van der Waals surface area contributed by atoms with E-state index in [-0.39, 0.29) is 28.9 Å². The molecule has 114 valence electrons. The van der Waals surface area contributed by atoms with Gasteiger partial charge in [-0.15, -0.1) is 22.6 Å². The lowest BCUT2D eigenvalue weighted by atomic mass is 9.90. The Hall–Kier alpha value is -0.970. The number of nitrogens with one attached hydrogen (secondary N) is 1. The molecule has 0 aromatic carbocycles. The van der Waals surface area contributed by atoms with Crippen LogP contribution in [0.1, 0.15) is 17.8 Å². The van der Waals surface area contributed by atoms with Crippen LogP contribution in [-0.4, -0.2) is 34.9 Å². The second-order valence-corrected chi connectivity index (χ2v) is 5.11. The predicted molar refractivity (Wildman–Crippen MR) is 67.8 cm³/mol. The highest BCUT2D eigenvalue weighted by Crippen LogP contribution is 2.33. The van der Waals surface area contributed by atoms with Crippen molar-refractivity contribution in [1.82, 2.24) is 10.2 Å². The summed E-state index contributed by atoms with van der Waals surface area (Å²) in [6.07, 6.45) is -3.95. The number of ether oxygens (including phenoxy) is 1. The molecule has 1 aromatic heterocycles. The highest BCUT2D eigenvalue weighted by atomic mass is 35.5. The number of rotatable bonds is 2. The first-order chi connectivity index (χ1) is 8.81. The number of alkyl halides is 3. The zero-order chi connectivity index (χ0) is 14.1. The van der Waals surface area contributed by atoms with Crippen LogP contribution in [0.4, 0.5) is 18.3 Å². The van der Waals surface area contributed by atoms with Crippen LogP contribution in [0.3, 0.4) is 0 Å². The van der Waals surface area contributed by atoms with Crippen LogP contribution in [0.5, 0.6) is 0 Å². The van der Waals surface area contributed by atoms with Crippen molar-refractivity contribution in [3.8, 4) is 0 Å². The lowest BCUT2D eigenvalue weighted by molar-refractivity contribution is -0.138. The second-order valence-electron chi connectivity index (χ2n) is 4.13. The molecule has 2 rings (SSSR count). The van der Waals surface area contributed by atoms with E-state index in [4.69, 9.17) is 10.5 Å². The summed E-state index contributed by atoms with van der Waals surface area (Å²) >= 11 is 0.265. The van der Waals surface area contributed by atoms with E-state index in [2.05, 4.69) is 15.5 Å². The number of halogens is 4. The number of nitrogens with zero attached hydrogens (tertiary/aromatic N) is 2. The molecule has 1 amide bonds. The third-order valence-corrected chi connectivity index (χ3v) is 3.61. The topological polar surface area (TPSA) is 90.1 Å². The minimum absolute atomic E-state index is 0. The van der Waals surface area contributed by atoms with Gasteiger partial charge in [-0.2, -0.15) is 13.2 Å². The van der Waals surface area contributed by atoms with Crippen LogP contribution in [0.2, 0.25) is 0 Å². The molecule has 0 aliphatic carbocycles. The van der Waals surface area contributed by atoms with Gasteiger partial charge in [-0.05, 0) is 12.8 Å². The summed E-state index contributed by atoms with van der Waals surface area (Å²) in [5.74, 6) is -0.569. The van der Waals surface area contributed by atoms with Gasteiger partial charge in [0.2, 0.25) is 16.0 Å². The molecule has 1 aliphatic heterocycles. The van der Waals surface area contributed by atoms with Gasteiger partial charge in [0.25, 0.3) is 0 Å². The molecule has 6 nitrogen and oxygen atoms in total. The van der Waals surface area contributed by atoms with E-state index < -0.39 is 22.6 Å². The number of amides is 1. The average Bonchev–Trinajstić information content (AvgIpc) is 2.78. The Labute approximate surface area is 122 Å². The molecular weight excluding hydrogens is 321 g/mol. The van der Waals surface area contributed by atoms with Gasteiger partial charge < -0.3 is 10.5 Å². The largest absolute Gasteiger partial charge is 0.445 e. The van der Waals surface area contributed by atoms with Gasteiger partial charge in [0.05, 0.1) is 0 Å². The Bertz CT molecular complexity index is 476. The molecule has 1 aromatic rings. The molecule has 0 spiro atoms. The van der Waals surface area contributed by atoms with Crippen molar-refractivity contribution in [2.24, 2.45) is 5.73 Å². The summed E-state index contributed by atoms with van der Waals surface area (Å²) < 4.78 is 42.0. The quantitative estimate of drug-likeness (QED) is 0.855. The molecule has 0 unspecified atom stereocenters. The Kier molecular flexibility index (Phi) is 5.30. The van der Waals surface area contributed by atoms with Crippen molar-refractivity contribution >= 4 is 34.8 Å². The summed E-state index contributed by atoms with van der Waals surface area (Å²) in [6.45, 7) is 0.682. The molecule has 0 atom stereocenters. The zero-order valence-corrected chi connectivity index (χ0v) is 11.7. The van der Waals surface area contributed by atoms with E-state index in [1.54, 1.807) is 0 Å². The summed E-state index contributed by atoms with van der Waals surface area (Å²) in [7, 11) is 0. The molecule has 0 radical (unpaired) electrons. The van der Waals surface area contributed by atoms with Gasteiger partial charge in [0.1, 0.15) is 5.54 Å². The van der Waals surface area contributed by atoms with Gasteiger partial charge in [-0.1, -0.05) is 11.3 Å². The van der Waals surface area contributed by atoms with Crippen LogP contribution in [0.25, 0.3) is 0 Å². The highest BCUT2D eigenvalue weighted by molar-refractivity contribution is 7.15. The molecule has 20 heavy (non-hydrogen) atoms. The first-order valence-electron chi connectivity index (χ1n) is 5.40. The maximum atomic E-state index is 12.3. The van der Waals surface area contributed by atoms with Crippen molar-refractivity contribution < 1.29 is 22.7 Å². The minimum Gasteiger partial charge on any atom is -0.381 e. The zero-order valence-electron chi connectivity index (χ0n) is 10.1. The Morgan fingerprint density at radius 1 is 1.35 bits per heavy atom. The molecule has 11 heteroatoms. The Morgan fingerprint density at radius 2 is 1.95 bits per heavy atom. The Morgan fingerprint density at radius 3 is 2.45 bits per heavy atom. The molecule has 3 N–H and O–H groups in total. The molecule has 2 heterocycles. The van der Waals surface area contributed by atoms with Crippen molar-refractivity contribution in [3.05, 3.63) is 5.01 Å². The number of carbonyl (C=O) groups is 1. The fraction of sp³-hybridized carbons (Fsp3) is 0.667. The summed E-state index contributed by atoms with van der Waals surface area (Å²) in [6, 6.07) is 0. The fourth-order valence-corrected chi connectivity index (χ4v) is 2.18. The van der Waals surface area contributed by atoms with Crippen molar-refractivity contribution in [2.45, 2.75) is 24.6 Å². The van der Waals surface area contributed by atoms with Gasteiger partial charge in [0, 0.05) is 13.2 Å². The number of aromatic nitrogens is 2. The third kappa shape index (κ3) is 3.78. The van der Waals surface area contributed by atoms with Gasteiger partial charge >= 0.3 is 6.18 Å². The molecule has 1 aliphatic rings. The number of carbonyl (C=O) groups excluding carboxylic acids is 1. The lowest BCUT2D eigenvalue weighted by Gasteiger charge is -2.31. The van der Waals surface area contributed by atoms with Gasteiger partial charge in [-0.25, -0.2) is 0 Å². The monoisotopic (exact) mass is 332 g/mol. The molecule has 0 saturated carbocycles. The normalized spacial score (nSPS) is 18.2. The smallest absolute Gasteiger partial charge is 0.381 e. The van der Waals surface area contributed by atoms with E-state index in [0.29, 0.717) is 26.1 Å². The van der Waals surface area contributed by atoms with Crippen LogP contribution in [0.15, 0.2) is 0 Å². The lowest BCUT2D eigenvalue weighted by Crippen LogP contribution is -2.54. The molecular formula is C9H12ClF3N4O2S. The predicted octanol–water partition coefficient (Wildman–Crippen LogP) is 1.43. The fourth-order valence-electron chi connectivity index (χ4n) is 1.57. The number of hydrogen-bond donors (Lipinski definition) is 2. The number of anilines is 1. The van der Waals surface area contributed by atoms with E-state index in [0.717, 1.165) is 0 Å². The first-order valence-corrected chi connectivity index (χ1v) is 6.22. The van der Waals surface area contributed by atoms with E-state index in [9.17, 15) is 18.0 Å². The van der Waals surface area contributed by atoms with Crippen LogP contribution in [-0.2, 0) is 15.7 Å². The highest BCUT2D eigenvalue weighted by Gasteiger charge is 2.38. The SMILES string of the molecule is Cl.NC1(C(=O)Nc2nnc(C(F)(F)F)s2)CCOCC1. The van der Waals surface area contributed by atoms with Gasteiger partial charge in [0.15, 0.2) is 0 Å². The Balaban J connectivity index is 0.00000200. The molecule has 1 fully saturated rings. The maximum absolute atomic E-state index is 12.3.